The van der Waals surface area contributed by atoms with E-state index in [-0.39, 0.29) is 39.6 Å². The van der Waals surface area contributed by atoms with E-state index in [1.54, 1.807) is 36.4 Å². The lowest BCUT2D eigenvalue weighted by molar-refractivity contribution is -0.121. The van der Waals surface area contributed by atoms with Gasteiger partial charge in [-0.05, 0) is 66.1 Å². The zero-order valence-corrected chi connectivity index (χ0v) is 26.2. The molecule has 1 atom stereocenters. The topological polar surface area (TPSA) is 176 Å². The van der Waals surface area contributed by atoms with Crippen LogP contribution in [0.5, 0.6) is 5.75 Å². The summed E-state index contributed by atoms with van der Waals surface area (Å²) in [4.78, 5) is 56.8. The maximum absolute atomic E-state index is 13.5. The number of ketones is 1. The molecule has 1 unspecified atom stereocenters. The van der Waals surface area contributed by atoms with Gasteiger partial charge in [0.25, 0.3) is 0 Å². The first kappa shape index (κ1) is 32.4. The standard InChI is InChI=1S/C35H27N5O6S/c1-3-20-4-6-22(7-5-20)31-26(17-36)32(38)39-33(27(31)18-37)47-29-16-30(42)40(34(29)43)24-12-8-23(9-13-24)35(44)46-19-28(41)21-10-14-25(45-2)15-11-21/h4-15,29H,3,16,19H2,1-2H3,(H2,38,39). The number of hydrogen-bond donors (Lipinski definition) is 1. The molecule has 4 aromatic rings. The largest absolute Gasteiger partial charge is 0.497 e. The van der Waals surface area contributed by atoms with Crippen LogP contribution in [0.25, 0.3) is 11.1 Å². The van der Waals surface area contributed by atoms with E-state index in [0.29, 0.717) is 22.4 Å². The first-order valence-electron chi connectivity index (χ1n) is 14.4. The maximum atomic E-state index is 13.5. The van der Waals surface area contributed by atoms with Crippen molar-refractivity contribution in [3.05, 3.63) is 101 Å². The van der Waals surface area contributed by atoms with Crippen molar-refractivity contribution in [2.45, 2.75) is 30.0 Å². The van der Waals surface area contributed by atoms with Crippen LogP contribution < -0.4 is 15.4 Å². The van der Waals surface area contributed by atoms with E-state index in [0.717, 1.165) is 28.6 Å². The number of thioether (sulfide) groups is 1. The number of Topliss-reactive ketones (excluding diaryl/α,β-unsaturated/α-hetero) is 1. The number of hydrogen-bond acceptors (Lipinski definition) is 11. The fourth-order valence-electron chi connectivity index (χ4n) is 5.00. The zero-order valence-electron chi connectivity index (χ0n) is 25.4. The summed E-state index contributed by atoms with van der Waals surface area (Å²) < 4.78 is 10.2. The van der Waals surface area contributed by atoms with Gasteiger partial charge in [-0.2, -0.15) is 10.5 Å². The highest BCUT2D eigenvalue weighted by atomic mass is 32.2. The summed E-state index contributed by atoms with van der Waals surface area (Å²) in [6.07, 6.45) is 0.636. The number of pyridine rings is 1. The Hall–Kier alpha value is -5.98. The molecule has 3 aromatic carbocycles. The summed E-state index contributed by atoms with van der Waals surface area (Å²) in [5, 5.41) is 19.2. The van der Waals surface area contributed by atoms with E-state index in [1.807, 2.05) is 25.1 Å². The number of nitrogens with two attached hydrogens (primary N) is 1. The molecule has 12 heteroatoms. The third-order valence-electron chi connectivity index (χ3n) is 7.53. The molecule has 11 nitrogen and oxygen atoms in total. The van der Waals surface area contributed by atoms with Crippen molar-refractivity contribution < 1.29 is 28.7 Å². The van der Waals surface area contributed by atoms with Gasteiger partial charge in [0, 0.05) is 17.5 Å². The van der Waals surface area contributed by atoms with E-state index < -0.39 is 35.4 Å². The van der Waals surface area contributed by atoms with Gasteiger partial charge >= 0.3 is 5.97 Å². The molecule has 1 saturated heterocycles. The SMILES string of the molecule is CCc1ccc(-c2c(C#N)c(N)nc(SC3CC(=O)N(c4ccc(C(=O)OCC(=O)c5ccc(OC)cc5)cc4)C3=O)c2C#N)cc1. The van der Waals surface area contributed by atoms with Gasteiger partial charge in [0.05, 0.1) is 29.2 Å². The maximum Gasteiger partial charge on any atom is 0.338 e. The van der Waals surface area contributed by atoms with Crippen LogP contribution in [0.3, 0.4) is 0 Å². The smallest absolute Gasteiger partial charge is 0.338 e. The monoisotopic (exact) mass is 645 g/mol. The van der Waals surface area contributed by atoms with Crippen molar-refractivity contribution in [3.63, 3.8) is 0 Å². The molecule has 2 heterocycles. The molecular weight excluding hydrogens is 618 g/mol. The third-order valence-corrected chi connectivity index (χ3v) is 8.70. The van der Waals surface area contributed by atoms with Crippen LogP contribution in [-0.2, 0) is 20.7 Å². The second-order valence-electron chi connectivity index (χ2n) is 10.4. The van der Waals surface area contributed by atoms with Crippen molar-refractivity contribution in [2.24, 2.45) is 0 Å². The fraction of sp³-hybridized carbons (Fsp3) is 0.171. The Kier molecular flexibility index (Phi) is 9.64. The van der Waals surface area contributed by atoms with Gasteiger partial charge in [-0.15, -0.1) is 0 Å². The van der Waals surface area contributed by atoms with Gasteiger partial charge in [-0.25, -0.2) is 14.7 Å². The molecule has 0 saturated carbocycles. The number of esters is 1. The number of ether oxygens (including phenoxy) is 2. The lowest BCUT2D eigenvalue weighted by Crippen LogP contribution is -2.31. The Morgan fingerprint density at radius 3 is 2.19 bits per heavy atom. The number of carbonyl (C=O) groups is 4. The second-order valence-corrected chi connectivity index (χ2v) is 11.5. The summed E-state index contributed by atoms with van der Waals surface area (Å²) >= 11 is 0.932. The van der Waals surface area contributed by atoms with Gasteiger partial charge < -0.3 is 15.2 Å². The molecule has 2 N–H and O–H groups in total. The molecule has 0 bridgehead atoms. The van der Waals surface area contributed by atoms with Gasteiger partial charge in [0.2, 0.25) is 11.8 Å². The normalized spacial score (nSPS) is 14.0. The summed E-state index contributed by atoms with van der Waals surface area (Å²) in [7, 11) is 1.51. The zero-order chi connectivity index (χ0) is 33.7. The van der Waals surface area contributed by atoms with Crippen LogP contribution in [0, 0.1) is 22.7 Å². The molecule has 2 amide bonds. The molecule has 0 radical (unpaired) electrons. The highest BCUT2D eigenvalue weighted by Crippen LogP contribution is 2.40. The predicted molar refractivity (Wildman–Crippen MR) is 174 cm³/mol. The average molecular weight is 646 g/mol. The van der Waals surface area contributed by atoms with Gasteiger partial charge in [-0.3, -0.25) is 14.4 Å². The van der Waals surface area contributed by atoms with E-state index in [1.165, 1.54) is 31.4 Å². The van der Waals surface area contributed by atoms with Gasteiger partial charge in [-0.1, -0.05) is 43.0 Å². The average Bonchev–Trinajstić information content (AvgIpc) is 3.38. The number of rotatable bonds is 10. The molecule has 0 aliphatic carbocycles. The Morgan fingerprint density at radius 2 is 1.60 bits per heavy atom. The number of benzene rings is 3. The number of carbonyl (C=O) groups excluding carboxylic acids is 4. The Bertz CT molecular complexity index is 1960. The minimum absolute atomic E-state index is 0.0503. The van der Waals surface area contributed by atoms with Crippen molar-refractivity contribution in [1.82, 2.24) is 4.98 Å². The lowest BCUT2D eigenvalue weighted by Gasteiger charge is -2.17. The molecule has 47 heavy (non-hydrogen) atoms. The van der Waals surface area contributed by atoms with Crippen LogP contribution in [-0.4, -0.2) is 47.5 Å². The molecular formula is C35H27N5O6S. The first-order valence-corrected chi connectivity index (χ1v) is 15.3. The number of nitriles is 2. The molecule has 1 aliphatic rings. The highest BCUT2D eigenvalue weighted by Gasteiger charge is 2.41. The van der Waals surface area contributed by atoms with Crippen molar-refractivity contribution in [3.8, 4) is 29.0 Å². The summed E-state index contributed by atoms with van der Waals surface area (Å²) in [5.41, 5.74) is 8.97. The number of aryl methyl sites for hydroxylation is 1. The number of nitrogen functional groups attached to an aromatic ring is 1. The number of amides is 2. The second kappa shape index (κ2) is 14.0. The lowest BCUT2D eigenvalue weighted by atomic mass is 9.96. The van der Waals surface area contributed by atoms with E-state index >= 15 is 0 Å². The Labute approximate surface area is 274 Å². The summed E-state index contributed by atoms with van der Waals surface area (Å²) in [6.45, 7) is 1.54. The third kappa shape index (κ3) is 6.69. The molecule has 1 aromatic heterocycles. The Morgan fingerprint density at radius 1 is 0.957 bits per heavy atom. The van der Waals surface area contributed by atoms with Crippen molar-refractivity contribution >= 4 is 46.8 Å². The highest BCUT2D eigenvalue weighted by molar-refractivity contribution is 8.00. The number of aromatic nitrogens is 1. The molecule has 5 rings (SSSR count). The number of methoxy groups -OCH3 is 1. The molecule has 1 aliphatic heterocycles. The van der Waals surface area contributed by atoms with E-state index in [4.69, 9.17) is 15.2 Å². The van der Waals surface area contributed by atoms with Crippen LogP contribution >= 0.6 is 11.8 Å². The Balaban J connectivity index is 1.31. The van der Waals surface area contributed by atoms with Crippen molar-refractivity contribution in [2.75, 3.05) is 24.4 Å². The molecule has 234 valence electrons. The van der Waals surface area contributed by atoms with Crippen LogP contribution in [0.1, 0.15) is 50.8 Å². The van der Waals surface area contributed by atoms with Gasteiger partial charge in [0.1, 0.15) is 34.3 Å². The molecule has 1 fully saturated rings. The minimum Gasteiger partial charge on any atom is -0.497 e. The fourth-order valence-corrected chi connectivity index (χ4v) is 6.12. The quantitative estimate of drug-likeness (QED) is 0.138. The predicted octanol–water partition coefficient (Wildman–Crippen LogP) is 5.11. The van der Waals surface area contributed by atoms with Gasteiger partial charge in [0.15, 0.2) is 12.4 Å². The van der Waals surface area contributed by atoms with Crippen LogP contribution in [0.2, 0.25) is 0 Å². The minimum atomic E-state index is -0.918. The van der Waals surface area contributed by atoms with E-state index in [2.05, 4.69) is 11.1 Å². The number of anilines is 2. The van der Waals surface area contributed by atoms with Crippen LogP contribution in [0.4, 0.5) is 11.5 Å². The van der Waals surface area contributed by atoms with Crippen molar-refractivity contribution in [1.29, 1.82) is 10.5 Å². The molecule has 0 spiro atoms. The van der Waals surface area contributed by atoms with E-state index in [9.17, 15) is 29.7 Å². The number of imide groups is 1. The first-order chi connectivity index (χ1) is 22.7. The number of nitrogens with zero attached hydrogens (tertiary/aromatic N) is 4. The summed E-state index contributed by atoms with van der Waals surface area (Å²) in [5.74, 6) is -1.67. The summed E-state index contributed by atoms with van der Waals surface area (Å²) in [6, 6.07) is 23.6. The van der Waals surface area contributed by atoms with Crippen LogP contribution in [0.15, 0.2) is 77.8 Å².